The first kappa shape index (κ1) is 14.6. The third-order valence-electron chi connectivity index (χ3n) is 2.90. The summed E-state index contributed by atoms with van der Waals surface area (Å²) in [5.74, 6) is -1.07. The van der Waals surface area contributed by atoms with E-state index >= 15 is 0 Å². The molecule has 7 heteroatoms. The molecule has 0 aliphatic rings. The Morgan fingerprint density at radius 1 is 1.56 bits per heavy atom. The van der Waals surface area contributed by atoms with Gasteiger partial charge >= 0.3 is 5.97 Å². The van der Waals surface area contributed by atoms with Gasteiger partial charge < -0.3 is 15.6 Å². The lowest BCUT2D eigenvalue weighted by atomic mass is 10.1. The van der Waals surface area contributed by atoms with Crippen molar-refractivity contribution < 1.29 is 14.6 Å². The van der Waals surface area contributed by atoms with E-state index < -0.39 is 5.97 Å². The smallest absolute Gasteiger partial charge is 0.358 e. The Labute approximate surface area is 106 Å². The van der Waals surface area contributed by atoms with Crippen LogP contribution in [0.25, 0.3) is 0 Å². The minimum Gasteiger partial charge on any atom is -0.476 e. The van der Waals surface area contributed by atoms with Crippen LogP contribution in [0.1, 0.15) is 36.5 Å². The van der Waals surface area contributed by atoms with E-state index in [2.05, 4.69) is 10.3 Å². The van der Waals surface area contributed by atoms with Gasteiger partial charge in [0.05, 0.1) is 11.3 Å². The van der Waals surface area contributed by atoms with E-state index in [0.29, 0.717) is 31.6 Å². The van der Waals surface area contributed by atoms with Gasteiger partial charge in [-0.1, -0.05) is 5.21 Å². The van der Waals surface area contributed by atoms with E-state index in [1.165, 1.54) is 0 Å². The summed E-state index contributed by atoms with van der Waals surface area (Å²) in [6, 6.07) is 0. The number of nitrogens with zero attached hydrogens (tertiary/aromatic N) is 3. The number of rotatable bonds is 7. The topological polar surface area (TPSA) is 103 Å². The van der Waals surface area contributed by atoms with Crippen molar-refractivity contribution in [3.8, 4) is 0 Å². The van der Waals surface area contributed by atoms with Crippen LogP contribution in [0.3, 0.4) is 0 Å². The highest BCUT2D eigenvalue weighted by molar-refractivity contribution is 5.86. The van der Waals surface area contributed by atoms with E-state index in [0.717, 1.165) is 0 Å². The van der Waals surface area contributed by atoms with Gasteiger partial charge in [-0.3, -0.25) is 0 Å². The Morgan fingerprint density at radius 3 is 2.72 bits per heavy atom. The highest BCUT2D eigenvalue weighted by Gasteiger charge is 2.21. The zero-order chi connectivity index (χ0) is 13.8. The van der Waals surface area contributed by atoms with Crippen molar-refractivity contribution in [1.29, 1.82) is 0 Å². The average Bonchev–Trinajstić information content (AvgIpc) is 2.70. The van der Waals surface area contributed by atoms with Crippen molar-refractivity contribution >= 4 is 5.97 Å². The van der Waals surface area contributed by atoms with E-state index in [4.69, 9.17) is 15.6 Å². The van der Waals surface area contributed by atoms with Crippen LogP contribution in [0.15, 0.2) is 0 Å². The second-order valence-electron chi connectivity index (χ2n) is 4.67. The van der Waals surface area contributed by atoms with Crippen molar-refractivity contribution in [2.45, 2.75) is 38.8 Å². The number of methoxy groups -OCH3 is 1. The molecule has 3 N–H and O–H groups in total. The second kappa shape index (κ2) is 5.92. The number of carboxylic acid groups (broad SMARTS) is 1. The molecule has 1 rings (SSSR count). The van der Waals surface area contributed by atoms with Gasteiger partial charge in [0.1, 0.15) is 0 Å². The van der Waals surface area contributed by atoms with E-state index in [1.807, 2.05) is 13.8 Å². The molecule has 0 saturated carbocycles. The molecule has 18 heavy (non-hydrogen) atoms. The van der Waals surface area contributed by atoms with E-state index in [9.17, 15) is 4.79 Å². The summed E-state index contributed by atoms with van der Waals surface area (Å²) in [6.07, 6.45) is 1.16. The highest BCUT2D eigenvalue weighted by Crippen LogP contribution is 2.15. The molecule has 0 bridgehead atoms. The van der Waals surface area contributed by atoms with Crippen LogP contribution >= 0.6 is 0 Å². The van der Waals surface area contributed by atoms with E-state index in [1.54, 1.807) is 11.8 Å². The van der Waals surface area contributed by atoms with Crippen LogP contribution in [0.5, 0.6) is 0 Å². The fourth-order valence-corrected chi connectivity index (χ4v) is 1.54. The summed E-state index contributed by atoms with van der Waals surface area (Å²) in [7, 11) is 1.64. The van der Waals surface area contributed by atoms with Crippen LogP contribution in [0.4, 0.5) is 0 Å². The predicted molar refractivity (Wildman–Crippen MR) is 65.4 cm³/mol. The molecule has 1 aromatic rings. The Bertz CT molecular complexity index is 414. The summed E-state index contributed by atoms with van der Waals surface area (Å²) < 4.78 is 6.91. The van der Waals surface area contributed by atoms with Gasteiger partial charge in [-0.05, 0) is 26.8 Å². The third kappa shape index (κ3) is 3.51. The number of hydrogen-bond donors (Lipinski definition) is 2. The molecule has 0 unspecified atom stereocenters. The number of ether oxygens (including phenoxy) is 1. The lowest BCUT2D eigenvalue weighted by Crippen LogP contribution is -2.25. The van der Waals surface area contributed by atoms with Crippen molar-refractivity contribution in [3.63, 3.8) is 0 Å². The number of carbonyl (C=O) groups is 1. The molecular formula is C11H20N4O3. The monoisotopic (exact) mass is 256 g/mol. The van der Waals surface area contributed by atoms with Gasteiger partial charge in [0.25, 0.3) is 0 Å². The zero-order valence-corrected chi connectivity index (χ0v) is 11.0. The largest absolute Gasteiger partial charge is 0.476 e. The third-order valence-corrected chi connectivity index (χ3v) is 2.90. The summed E-state index contributed by atoms with van der Waals surface area (Å²) in [5.41, 5.74) is 5.75. The molecule has 0 aromatic carbocycles. The van der Waals surface area contributed by atoms with Crippen LogP contribution in [-0.4, -0.2) is 45.3 Å². The predicted octanol–water partition coefficient (Wildman–Crippen LogP) is 0.293. The van der Waals surface area contributed by atoms with Crippen LogP contribution < -0.4 is 5.73 Å². The first-order chi connectivity index (χ1) is 8.41. The van der Waals surface area contributed by atoms with Crippen molar-refractivity contribution in [1.82, 2.24) is 15.0 Å². The maximum Gasteiger partial charge on any atom is 0.358 e. The Hall–Kier alpha value is -1.47. The molecule has 0 spiro atoms. The van der Waals surface area contributed by atoms with Gasteiger partial charge in [-0.2, -0.15) is 0 Å². The minimum absolute atomic E-state index is 0.0179. The molecule has 0 aliphatic heterocycles. The molecule has 0 radical (unpaired) electrons. The van der Waals surface area contributed by atoms with Gasteiger partial charge in [-0.25, -0.2) is 9.48 Å². The van der Waals surface area contributed by atoms with Gasteiger partial charge in [-0.15, -0.1) is 5.10 Å². The lowest BCUT2D eigenvalue weighted by molar-refractivity contribution is 0.0110. The Morgan fingerprint density at radius 2 is 2.22 bits per heavy atom. The van der Waals surface area contributed by atoms with E-state index in [-0.39, 0.29) is 11.3 Å². The summed E-state index contributed by atoms with van der Waals surface area (Å²) in [4.78, 5) is 11.0. The zero-order valence-electron chi connectivity index (χ0n) is 11.0. The quantitative estimate of drug-likeness (QED) is 0.727. The average molecular weight is 256 g/mol. The summed E-state index contributed by atoms with van der Waals surface area (Å²) in [6.45, 7) is 4.84. The number of hydrogen-bond acceptors (Lipinski definition) is 5. The first-order valence-corrected chi connectivity index (χ1v) is 5.82. The number of carboxylic acids is 1. The summed E-state index contributed by atoms with van der Waals surface area (Å²) >= 11 is 0. The SMILES string of the molecule is COC(C)(C)CCn1nnc(C(=O)O)c1CCN. The first-order valence-electron chi connectivity index (χ1n) is 5.82. The molecule has 0 atom stereocenters. The number of nitrogens with two attached hydrogens (primary N) is 1. The Balaban J connectivity index is 2.85. The second-order valence-corrected chi connectivity index (χ2v) is 4.67. The molecule has 0 aliphatic carbocycles. The van der Waals surface area contributed by atoms with Crippen LogP contribution in [0.2, 0.25) is 0 Å². The normalized spacial score (nSPS) is 11.8. The lowest BCUT2D eigenvalue weighted by Gasteiger charge is -2.22. The maximum absolute atomic E-state index is 11.0. The van der Waals surface area contributed by atoms with Gasteiger partial charge in [0, 0.05) is 20.1 Å². The molecule has 102 valence electrons. The fourth-order valence-electron chi connectivity index (χ4n) is 1.54. The number of aromatic nitrogens is 3. The van der Waals surface area contributed by atoms with Crippen LogP contribution in [0, 0.1) is 0 Å². The maximum atomic E-state index is 11.0. The molecule has 0 saturated heterocycles. The minimum atomic E-state index is -1.07. The summed E-state index contributed by atoms with van der Waals surface area (Å²) in [5, 5.41) is 16.5. The molecular weight excluding hydrogens is 236 g/mol. The van der Waals surface area contributed by atoms with Crippen molar-refractivity contribution in [3.05, 3.63) is 11.4 Å². The molecule has 0 amide bonds. The highest BCUT2D eigenvalue weighted by atomic mass is 16.5. The van der Waals surface area contributed by atoms with Crippen LogP contribution in [-0.2, 0) is 17.7 Å². The molecule has 0 fully saturated rings. The molecule has 1 heterocycles. The fraction of sp³-hybridized carbons (Fsp3) is 0.727. The van der Waals surface area contributed by atoms with Gasteiger partial charge in [0.2, 0.25) is 0 Å². The van der Waals surface area contributed by atoms with Crippen molar-refractivity contribution in [2.24, 2.45) is 5.73 Å². The number of aromatic carboxylic acids is 1. The van der Waals surface area contributed by atoms with Gasteiger partial charge in [0.15, 0.2) is 5.69 Å². The Kier molecular flexibility index (Phi) is 4.80. The standard InChI is InChI=1S/C11H20N4O3/c1-11(2,18-3)5-7-15-8(4-6-12)9(10(16)17)13-14-15/h4-7,12H2,1-3H3,(H,16,17). The molecule has 1 aromatic heterocycles. The van der Waals surface area contributed by atoms with Crippen molar-refractivity contribution in [2.75, 3.05) is 13.7 Å². The number of aryl methyl sites for hydroxylation is 1. The molecule has 7 nitrogen and oxygen atoms in total.